The van der Waals surface area contributed by atoms with E-state index in [1.54, 1.807) is 0 Å². The molecule has 0 unspecified atom stereocenters. The molecule has 1 aromatic rings. The van der Waals surface area contributed by atoms with Gasteiger partial charge in [-0.3, -0.25) is 0 Å². The minimum absolute atomic E-state index is 0.179. The van der Waals surface area contributed by atoms with Crippen LogP contribution in [0.1, 0.15) is 11.1 Å². The zero-order valence-electron chi connectivity index (χ0n) is 6.98. The van der Waals surface area contributed by atoms with Crippen molar-refractivity contribution in [3.05, 3.63) is 35.1 Å². The van der Waals surface area contributed by atoms with Crippen molar-refractivity contribution < 1.29 is 17.3 Å². The maximum absolute atomic E-state index is 12.5. The van der Waals surface area contributed by atoms with Crippen LogP contribution in [0.3, 0.4) is 0 Å². The van der Waals surface area contributed by atoms with Gasteiger partial charge < -0.3 is 12.9 Å². The van der Waals surface area contributed by atoms with Gasteiger partial charge in [0.2, 0.25) is 0 Å². The van der Waals surface area contributed by atoms with E-state index >= 15 is 0 Å². The lowest BCUT2D eigenvalue weighted by molar-refractivity contribution is 0.468. The lowest BCUT2D eigenvalue weighted by Crippen LogP contribution is -2.20. The molecule has 0 aliphatic heterocycles. The SMILES string of the molecule is N#Cc1cc(F)ccc1C[B-](F)(F)F. The van der Waals surface area contributed by atoms with Gasteiger partial charge >= 0.3 is 6.98 Å². The van der Waals surface area contributed by atoms with Gasteiger partial charge in [-0.15, -0.1) is 0 Å². The fourth-order valence-electron chi connectivity index (χ4n) is 1.08. The molecule has 1 nitrogen and oxygen atoms in total. The van der Waals surface area contributed by atoms with Crippen molar-refractivity contribution in [2.24, 2.45) is 0 Å². The van der Waals surface area contributed by atoms with Gasteiger partial charge in [-0.05, 0) is 12.1 Å². The van der Waals surface area contributed by atoms with Crippen LogP contribution in [-0.2, 0) is 6.32 Å². The van der Waals surface area contributed by atoms with Crippen molar-refractivity contribution in [2.75, 3.05) is 0 Å². The summed E-state index contributed by atoms with van der Waals surface area (Å²) in [6.45, 7) is -4.99. The predicted molar refractivity (Wildman–Crippen MR) is 43.9 cm³/mol. The summed E-state index contributed by atoms with van der Waals surface area (Å²) in [6, 6.07) is 4.24. The highest BCUT2D eigenvalue weighted by Crippen LogP contribution is 2.19. The fourth-order valence-corrected chi connectivity index (χ4v) is 1.08. The minimum Gasteiger partial charge on any atom is -0.449 e. The Morgan fingerprint density at radius 2 is 1.93 bits per heavy atom. The van der Waals surface area contributed by atoms with Crippen molar-refractivity contribution in [3.63, 3.8) is 0 Å². The second kappa shape index (κ2) is 3.70. The molecule has 0 aromatic heterocycles. The Hall–Kier alpha value is -1.51. The highest BCUT2D eigenvalue weighted by molar-refractivity contribution is 6.57. The van der Waals surface area contributed by atoms with Crippen molar-refractivity contribution in [3.8, 4) is 6.07 Å². The maximum Gasteiger partial charge on any atom is 0.482 e. The van der Waals surface area contributed by atoms with Gasteiger partial charge in [-0.2, -0.15) is 5.26 Å². The Bertz CT molecular complexity index is 380. The Morgan fingerprint density at radius 3 is 2.43 bits per heavy atom. The molecule has 1 rings (SSSR count). The van der Waals surface area contributed by atoms with Gasteiger partial charge in [0.1, 0.15) is 5.82 Å². The van der Waals surface area contributed by atoms with Gasteiger partial charge in [0.25, 0.3) is 0 Å². The molecule has 0 spiro atoms. The van der Waals surface area contributed by atoms with Crippen LogP contribution in [0.2, 0.25) is 0 Å². The summed E-state index contributed by atoms with van der Waals surface area (Å²) in [5.74, 6) is -0.708. The monoisotopic (exact) mass is 202 g/mol. The number of rotatable bonds is 2. The first-order chi connectivity index (χ1) is 6.42. The molecule has 0 bridgehead atoms. The van der Waals surface area contributed by atoms with Crippen LogP contribution in [0.25, 0.3) is 0 Å². The molecule has 0 aliphatic rings. The normalized spacial score (nSPS) is 11.1. The molecule has 0 radical (unpaired) electrons. The molecule has 74 valence electrons. The van der Waals surface area contributed by atoms with Crippen LogP contribution in [0.4, 0.5) is 17.3 Å². The molecule has 0 N–H and O–H groups in total. The quantitative estimate of drug-likeness (QED) is 0.534. The third-order valence-electron chi connectivity index (χ3n) is 1.64. The van der Waals surface area contributed by atoms with E-state index in [1.165, 1.54) is 6.07 Å². The van der Waals surface area contributed by atoms with Crippen molar-refractivity contribution >= 4 is 6.98 Å². The number of nitriles is 1. The summed E-state index contributed by atoms with van der Waals surface area (Å²) in [5.41, 5.74) is -0.439. The molecule has 6 heteroatoms. The van der Waals surface area contributed by atoms with Crippen LogP contribution < -0.4 is 0 Å². The van der Waals surface area contributed by atoms with E-state index in [1.807, 2.05) is 0 Å². The van der Waals surface area contributed by atoms with E-state index in [0.29, 0.717) is 0 Å². The largest absolute Gasteiger partial charge is 0.482 e. The third-order valence-corrected chi connectivity index (χ3v) is 1.64. The van der Waals surface area contributed by atoms with Crippen LogP contribution in [0.15, 0.2) is 18.2 Å². The lowest BCUT2D eigenvalue weighted by atomic mass is 9.80. The van der Waals surface area contributed by atoms with Gasteiger partial charge in [0, 0.05) is 0 Å². The average molecular weight is 202 g/mol. The zero-order valence-corrected chi connectivity index (χ0v) is 6.98. The van der Waals surface area contributed by atoms with Crippen LogP contribution >= 0.6 is 0 Å². The van der Waals surface area contributed by atoms with Crippen molar-refractivity contribution in [2.45, 2.75) is 6.32 Å². The number of nitrogens with zero attached hydrogens (tertiary/aromatic N) is 1. The Balaban J connectivity index is 3.05. The van der Waals surface area contributed by atoms with Gasteiger partial charge in [0.05, 0.1) is 11.6 Å². The van der Waals surface area contributed by atoms with Gasteiger partial charge in [0.15, 0.2) is 0 Å². The lowest BCUT2D eigenvalue weighted by Gasteiger charge is -2.14. The van der Waals surface area contributed by atoms with E-state index in [4.69, 9.17) is 5.26 Å². The maximum atomic E-state index is 12.5. The molecular weight excluding hydrogens is 197 g/mol. The van der Waals surface area contributed by atoms with Crippen molar-refractivity contribution in [1.29, 1.82) is 5.26 Å². The summed E-state index contributed by atoms with van der Waals surface area (Å²) in [6.07, 6.45) is -1.15. The first-order valence-corrected chi connectivity index (χ1v) is 3.82. The Labute approximate surface area is 78.0 Å². The molecule has 0 aliphatic carbocycles. The van der Waals surface area contributed by atoms with Crippen molar-refractivity contribution in [1.82, 2.24) is 0 Å². The summed E-state index contributed by atoms with van der Waals surface area (Å²) in [4.78, 5) is 0. The van der Waals surface area contributed by atoms with Crippen LogP contribution in [-0.4, -0.2) is 6.98 Å². The van der Waals surface area contributed by atoms with Gasteiger partial charge in [-0.25, -0.2) is 4.39 Å². The number of benzene rings is 1. The summed E-state index contributed by atoms with van der Waals surface area (Å²) in [7, 11) is 0. The second-order valence-electron chi connectivity index (χ2n) is 2.83. The van der Waals surface area contributed by atoms with E-state index in [-0.39, 0.29) is 11.1 Å². The molecule has 0 saturated heterocycles. The summed E-state index contributed by atoms with van der Waals surface area (Å²) >= 11 is 0. The minimum atomic E-state index is -4.99. The molecule has 0 fully saturated rings. The third kappa shape index (κ3) is 2.77. The zero-order chi connectivity index (χ0) is 10.8. The molecular formula is C8H5BF4N-. The van der Waals surface area contributed by atoms with E-state index in [9.17, 15) is 17.3 Å². The van der Waals surface area contributed by atoms with E-state index < -0.39 is 19.1 Å². The Morgan fingerprint density at radius 1 is 1.29 bits per heavy atom. The van der Waals surface area contributed by atoms with Crippen LogP contribution in [0.5, 0.6) is 0 Å². The molecule has 0 atom stereocenters. The molecule has 0 amide bonds. The molecule has 14 heavy (non-hydrogen) atoms. The first-order valence-electron chi connectivity index (χ1n) is 3.82. The molecule has 0 heterocycles. The molecule has 1 aromatic carbocycles. The smallest absolute Gasteiger partial charge is 0.449 e. The second-order valence-corrected chi connectivity index (χ2v) is 2.83. The number of hydrogen-bond acceptors (Lipinski definition) is 1. The van der Waals surface area contributed by atoms with Gasteiger partial charge in [-0.1, -0.05) is 17.9 Å². The topological polar surface area (TPSA) is 23.8 Å². The highest BCUT2D eigenvalue weighted by atomic mass is 19.4. The summed E-state index contributed by atoms with van der Waals surface area (Å²) in [5, 5.41) is 8.46. The van der Waals surface area contributed by atoms with E-state index in [0.717, 1.165) is 18.2 Å². The number of hydrogen-bond donors (Lipinski definition) is 0. The molecule has 0 saturated carbocycles. The predicted octanol–water partition coefficient (Wildman–Crippen LogP) is 2.63. The first kappa shape index (κ1) is 10.6. The highest BCUT2D eigenvalue weighted by Gasteiger charge is 2.24. The fraction of sp³-hybridized carbons (Fsp3) is 0.125. The number of halogens is 4. The van der Waals surface area contributed by atoms with E-state index in [2.05, 4.69) is 0 Å². The average Bonchev–Trinajstić information content (AvgIpc) is 2.06. The Kier molecular flexibility index (Phi) is 2.80. The standard InChI is InChI=1S/C8H5BF4N/c10-8-2-1-6(4-9(11,12)13)7(3-8)5-14/h1-3H,4H2/q-1. The summed E-state index contributed by atoms with van der Waals surface area (Å²) < 4.78 is 48.6. The van der Waals surface area contributed by atoms with Crippen LogP contribution in [0, 0.1) is 17.1 Å².